The maximum absolute atomic E-state index is 13.1. The molecule has 3 nitrogen and oxygen atoms in total. The number of nitrogens with zero attached hydrogens (tertiary/aromatic N) is 1. The summed E-state index contributed by atoms with van der Waals surface area (Å²) in [5.41, 5.74) is 0.278. The topological polar surface area (TPSA) is 52.9 Å². The van der Waals surface area contributed by atoms with E-state index in [1.54, 1.807) is 6.07 Å². The van der Waals surface area contributed by atoms with Gasteiger partial charge in [0.1, 0.15) is 17.4 Å². The van der Waals surface area contributed by atoms with Gasteiger partial charge in [0.15, 0.2) is 0 Å². The first kappa shape index (κ1) is 10.9. The fourth-order valence-electron chi connectivity index (χ4n) is 0.971. The number of rotatable bonds is 2. The highest BCUT2D eigenvalue weighted by molar-refractivity contribution is 6.03. The molecule has 0 spiro atoms. The maximum Gasteiger partial charge on any atom is 0.250 e. The second-order valence-corrected chi connectivity index (χ2v) is 3.01. The van der Waals surface area contributed by atoms with Crippen LogP contribution >= 0.6 is 0 Å². The van der Waals surface area contributed by atoms with Crippen LogP contribution in [0.25, 0.3) is 0 Å². The van der Waals surface area contributed by atoms with Crippen LogP contribution in [0.15, 0.2) is 30.4 Å². The minimum Gasteiger partial charge on any atom is -0.321 e. The lowest BCUT2D eigenvalue weighted by molar-refractivity contribution is -0.112. The van der Waals surface area contributed by atoms with Crippen LogP contribution in [0, 0.1) is 17.1 Å². The van der Waals surface area contributed by atoms with E-state index in [1.807, 2.05) is 0 Å². The predicted molar refractivity (Wildman–Crippen MR) is 54.6 cm³/mol. The van der Waals surface area contributed by atoms with Crippen molar-refractivity contribution in [2.45, 2.75) is 6.92 Å². The summed E-state index contributed by atoms with van der Waals surface area (Å²) >= 11 is 0. The predicted octanol–water partition coefficient (Wildman–Crippen LogP) is 2.21. The molecule has 1 N–H and O–H groups in total. The first-order chi connectivity index (χ1) is 7.06. The van der Waals surface area contributed by atoms with Gasteiger partial charge in [-0.05, 0) is 19.1 Å². The van der Waals surface area contributed by atoms with E-state index in [4.69, 9.17) is 5.26 Å². The lowest BCUT2D eigenvalue weighted by Crippen LogP contribution is -2.13. The van der Waals surface area contributed by atoms with Crippen molar-refractivity contribution in [3.8, 4) is 6.07 Å². The van der Waals surface area contributed by atoms with Crippen molar-refractivity contribution in [3.05, 3.63) is 41.7 Å². The molecule has 1 rings (SSSR count). The molecule has 0 aliphatic carbocycles. The Morgan fingerprint density at radius 3 is 2.80 bits per heavy atom. The van der Waals surface area contributed by atoms with Crippen LogP contribution in [0.3, 0.4) is 0 Å². The third-order valence-corrected chi connectivity index (χ3v) is 1.76. The number of benzene rings is 1. The fraction of sp³-hybridized carbons (Fsp3) is 0.0909. The number of anilines is 1. The second-order valence-electron chi connectivity index (χ2n) is 3.01. The smallest absolute Gasteiger partial charge is 0.250 e. The first-order valence-electron chi connectivity index (χ1n) is 4.21. The van der Waals surface area contributed by atoms with Crippen molar-refractivity contribution in [2.24, 2.45) is 0 Å². The van der Waals surface area contributed by atoms with E-state index < -0.39 is 11.7 Å². The zero-order chi connectivity index (χ0) is 11.4. The Kier molecular flexibility index (Phi) is 3.19. The first-order valence-corrected chi connectivity index (χ1v) is 4.21. The van der Waals surface area contributed by atoms with E-state index in [-0.39, 0.29) is 11.3 Å². The number of halogens is 1. The molecular formula is C11H9FN2O. The highest BCUT2D eigenvalue weighted by Crippen LogP contribution is 2.18. The molecule has 0 aromatic heterocycles. The molecule has 4 heteroatoms. The molecule has 0 saturated heterocycles. The normalized spacial score (nSPS) is 9.13. The van der Waals surface area contributed by atoms with E-state index in [1.165, 1.54) is 19.1 Å². The molecule has 1 aromatic rings. The molecule has 76 valence electrons. The standard InChI is InChI=1S/C11H9FN2O/c1-7(2)11(15)14-10-5-3-4-9(12)8(10)6-13/h3-5H,1H2,2H3,(H,14,15). The summed E-state index contributed by atoms with van der Waals surface area (Å²) in [6.45, 7) is 4.97. The van der Waals surface area contributed by atoms with Gasteiger partial charge in [0.25, 0.3) is 5.91 Å². The van der Waals surface area contributed by atoms with E-state index >= 15 is 0 Å². The van der Waals surface area contributed by atoms with Gasteiger partial charge in [-0.25, -0.2) is 4.39 Å². The molecule has 0 bridgehead atoms. The Bertz CT molecular complexity index is 460. The van der Waals surface area contributed by atoms with Crippen LogP contribution in [-0.2, 0) is 4.79 Å². The Labute approximate surface area is 86.8 Å². The van der Waals surface area contributed by atoms with Crippen molar-refractivity contribution >= 4 is 11.6 Å². The molecule has 0 heterocycles. The highest BCUT2D eigenvalue weighted by Gasteiger charge is 2.10. The molecule has 0 atom stereocenters. The van der Waals surface area contributed by atoms with Gasteiger partial charge in [0.05, 0.1) is 5.69 Å². The summed E-state index contributed by atoms with van der Waals surface area (Å²) in [6.07, 6.45) is 0. The van der Waals surface area contributed by atoms with Crippen molar-refractivity contribution in [1.29, 1.82) is 5.26 Å². The lowest BCUT2D eigenvalue weighted by atomic mass is 10.1. The summed E-state index contributed by atoms with van der Waals surface area (Å²) in [5, 5.41) is 11.1. The number of nitriles is 1. The van der Waals surface area contributed by atoms with Gasteiger partial charge in [0, 0.05) is 5.57 Å². The molecule has 0 fully saturated rings. The van der Waals surface area contributed by atoms with Crippen LogP contribution in [0.1, 0.15) is 12.5 Å². The molecule has 1 aromatic carbocycles. The summed E-state index contributed by atoms with van der Waals surface area (Å²) in [6, 6.07) is 5.73. The van der Waals surface area contributed by atoms with Gasteiger partial charge in [-0.2, -0.15) is 5.26 Å². The van der Waals surface area contributed by atoms with Gasteiger partial charge in [0.2, 0.25) is 0 Å². The third-order valence-electron chi connectivity index (χ3n) is 1.76. The molecule has 0 aliphatic heterocycles. The van der Waals surface area contributed by atoms with Gasteiger partial charge < -0.3 is 5.32 Å². The second kappa shape index (κ2) is 4.38. The van der Waals surface area contributed by atoms with Crippen LogP contribution in [0.5, 0.6) is 0 Å². The number of nitrogens with one attached hydrogen (secondary N) is 1. The van der Waals surface area contributed by atoms with E-state index in [0.29, 0.717) is 5.57 Å². The fourth-order valence-corrected chi connectivity index (χ4v) is 0.971. The van der Waals surface area contributed by atoms with Crippen LogP contribution < -0.4 is 5.32 Å². The van der Waals surface area contributed by atoms with Gasteiger partial charge in [-0.1, -0.05) is 12.6 Å². The zero-order valence-corrected chi connectivity index (χ0v) is 8.17. The van der Waals surface area contributed by atoms with E-state index in [2.05, 4.69) is 11.9 Å². The summed E-state index contributed by atoms with van der Waals surface area (Å²) in [5.74, 6) is -1.09. The number of carbonyl (C=O) groups excluding carboxylic acids is 1. The van der Waals surface area contributed by atoms with Crippen molar-refractivity contribution in [1.82, 2.24) is 0 Å². The molecule has 0 unspecified atom stereocenters. The third kappa shape index (κ3) is 2.41. The van der Waals surface area contributed by atoms with Crippen LogP contribution in [-0.4, -0.2) is 5.91 Å². The van der Waals surface area contributed by atoms with Crippen molar-refractivity contribution in [2.75, 3.05) is 5.32 Å². The molecule has 15 heavy (non-hydrogen) atoms. The van der Waals surface area contributed by atoms with Gasteiger partial charge >= 0.3 is 0 Å². The molecule has 1 amide bonds. The van der Waals surface area contributed by atoms with Gasteiger partial charge in [-0.15, -0.1) is 0 Å². The molecule has 0 saturated carbocycles. The largest absolute Gasteiger partial charge is 0.321 e. The molecular weight excluding hydrogens is 195 g/mol. The summed E-state index contributed by atoms with van der Waals surface area (Å²) in [4.78, 5) is 11.2. The van der Waals surface area contributed by atoms with Crippen molar-refractivity contribution in [3.63, 3.8) is 0 Å². The van der Waals surface area contributed by atoms with Crippen LogP contribution in [0.2, 0.25) is 0 Å². The minimum atomic E-state index is -0.656. The monoisotopic (exact) mass is 204 g/mol. The Morgan fingerprint density at radius 2 is 2.27 bits per heavy atom. The summed E-state index contributed by atoms with van der Waals surface area (Å²) < 4.78 is 13.1. The Morgan fingerprint density at radius 1 is 1.60 bits per heavy atom. The molecule has 0 aliphatic rings. The average Bonchev–Trinajstić information content (AvgIpc) is 2.18. The van der Waals surface area contributed by atoms with E-state index in [0.717, 1.165) is 6.07 Å². The maximum atomic E-state index is 13.1. The molecule has 0 radical (unpaired) electrons. The highest BCUT2D eigenvalue weighted by atomic mass is 19.1. The quantitative estimate of drug-likeness (QED) is 0.751. The lowest BCUT2D eigenvalue weighted by Gasteiger charge is -2.06. The average molecular weight is 204 g/mol. The Hall–Kier alpha value is -2.15. The summed E-state index contributed by atoms with van der Waals surface area (Å²) in [7, 11) is 0. The minimum absolute atomic E-state index is 0.158. The van der Waals surface area contributed by atoms with Gasteiger partial charge in [-0.3, -0.25) is 4.79 Å². The number of hydrogen-bond donors (Lipinski definition) is 1. The number of amides is 1. The zero-order valence-electron chi connectivity index (χ0n) is 8.17. The van der Waals surface area contributed by atoms with Crippen molar-refractivity contribution < 1.29 is 9.18 Å². The number of hydrogen-bond acceptors (Lipinski definition) is 2. The van der Waals surface area contributed by atoms with E-state index in [9.17, 15) is 9.18 Å². The Balaban J connectivity index is 3.06. The van der Waals surface area contributed by atoms with Crippen LogP contribution in [0.4, 0.5) is 10.1 Å². The SMILES string of the molecule is C=C(C)C(=O)Nc1cccc(F)c1C#N. The number of carbonyl (C=O) groups is 1.